The SMILES string of the molecule is O=C(Cn1c(Cl)cnc(NCC(F)(F)C2=CC=CCN2O)c1=O)NCc1ccccc1-n1cncn1. The van der Waals surface area contributed by atoms with Crippen LogP contribution in [0.25, 0.3) is 5.69 Å². The number of alkyl halides is 2. The van der Waals surface area contributed by atoms with E-state index in [1.807, 2.05) is 12.1 Å². The molecule has 1 aliphatic heterocycles. The van der Waals surface area contributed by atoms with Crippen LogP contribution in [0.1, 0.15) is 5.56 Å². The number of nitrogens with zero attached hydrogens (tertiary/aromatic N) is 6. The average molecular weight is 519 g/mol. The van der Waals surface area contributed by atoms with Gasteiger partial charge >= 0.3 is 5.92 Å². The highest BCUT2D eigenvalue weighted by Gasteiger charge is 2.38. The Hall–Kier alpha value is -4.10. The van der Waals surface area contributed by atoms with Crippen LogP contribution in [-0.4, -0.2) is 59.5 Å². The molecule has 0 saturated carbocycles. The fourth-order valence-corrected chi connectivity index (χ4v) is 3.63. The molecule has 11 nitrogen and oxygen atoms in total. The van der Waals surface area contributed by atoms with Crippen molar-refractivity contribution < 1.29 is 18.8 Å². The zero-order chi connectivity index (χ0) is 25.7. The first-order chi connectivity index (χ1) is 17.3. The summed E-state index contributed by atoms with van der Waals surface area (Å²) in [4.78, 5) is 33.1. The molecule has 3 N–H and O–H groups in total. The third kappa shape index (κ3) is 5.58. The molecule has 1 aliphatic rings. The fourth-order valence-electron chi connectivity index (χ4n) is 3.45. The molecule has 0 fully saturated rings. The standard InChI is InChI=1S/C22H21ClF2N8O3/c23-18-10-28-20(29-12-22(24,25)17-7-3-4-8-33(17)36)21(35)31(18)11-19(34)27-9-15-5-1-2-6-16(15)32-14-26-13-30-32/h1-7,10,13-14,36H,8-9,11-12H2,(H,27,34)(H,28,29). The van der Waals surface area contributed by atoms with Crippen molar-refractivity contribution in [3.63, 3.8) is 0 Å². The number of halogens is 3. The van der Waals surface area contributed by atoms with Crippen molar-refractivity contribution in [3.8, 4) is 5.69 Å². The summed E-state index contributed by atoms with van der Waals surface area (Å²) in [7, 11) is 0. The second-order valence-electron chi connectivity index (χ2n) is 7.69. The van der Waals surface area contributed by atoms with Gasteiger partial charge in [0.05, 0.1) is 25.0 Å². The van der Waals surface area contributed by atoms with Crippen molar-refractivity contribution in [2.24, 2.45) is 0 Å². The number of nitrogens with one attached hydrogen (secondary N) is 2. The lowest BCUT2D eigenvalue weighted by molar-refractivity contribution is -0.121. The van der Waals surface area contributed by atoms with Gasteiger partial charge < -0.3 is 10.6 Å². The minimum atomic E-state index is -3.51. The molecule has 0 unspecified atom stereocenters. The molecule has 14 heteroatoms. The monoisotopic (exact) mass is 518 g/mol. The summed E-state index contributed by atoms with van der Waals surface area (Å²) < 4.78 is 31.6. The third-order valence-electron chi connectivity index (χ3n) is 5.24. The Kier molecular flexibility index (Phi) is 7.41. The van der Waals surface area contributed by atoms with Crippen LogP contribution in [0.15, 0.2) is 71.8 Å². The molecule has 2 aromatic heterocycles. The largest absolute Gasteiger partial charge is 0.359 e. The maximum Gasteiger partial charge on any atom is 0.306 e. The molecule has 0 bridgehead atoms. The van der Waals surface area contributed by atoms with Crippen LogP contribution in [-0.2, 0) is 17.9 Å². The van der Waals surface area contributed by atoms with Crippen molar-refractivity contribution in [1.82, 2.24) is 34.7 Å². The second-order valence-corrected chi connectivity index (χ2v) is 8.07. The van der Waals surface area contributed by atoms with Crippen LogP contribution < -0.4 is 16.2 Å². The van der Waals surface area contributed by atoms with E-state index in [1.165, 1.54) is 24.8 Å². The van der Waals surface area contributed by atoms with Crippen LogP contribution in [0, 0.1) is 0 Å². The predicted octanol–water partition coefficient (Wildman–Crippen LogP) is 1.99. The lowest BCUT2D eigenvalue weighted by Gasteiger charge is -2.28. The van der Waals surface area contributed by atoms with Gasteiger partial charge in [-0.2, -0.15) is 13.9 Å². The van der Waals surface area contributed by atoms with Crippen LogP contribution in [0.5, 0.6) is 0 Å². The Balaban J connectivity index is 1.43. The summed E-state index contributed by atoms with van der Waals surface area (Å²) in [5.41, 5.74) is -0.0158. The van der Waals surface area contributed by atoms with E-state index in [-0.39, 0.29) is 18.2 Å². The highest BCUT2D eigenvalue weighted by molar-refractivity contribution is 6.29. The third-order valence-corrected chi connectivity index (χ3v) is 5.54. The molecule has 0 radical (unpaired) electrons. The normalized spacial score (nSPS) is 13.4. The van der Waals surface area contributed by atoms with Crippen molar-refractivity contribution in [3.05, 3.63) is 88.1 Å². The highest BCUT2D eigenvalue weighted by atomic mass is 35.5. The number of aromatic nitrogens is 5. The number of benzene rings is 1. The lowest BCUT2D eigenvalue weighted by Crippen LogP contribution is -2.40. The summed E-state index contributed by atoms with van der Waals surface area (Å²) in [6.07, 6.45) is 7.96. The summed E-state index contributed by atoms with van der Waals surface area (Å²) in [6.45, 7) is -1.44. The maximum atomic E-state index is 14.6. The van der Waals surface area contributed by atoms with Crippen LogP contribution in [0.2, 0.25) is 5.15 Å². The number of hydrogen-bond donors (Lipinski definition) is 3. The van der Waals surface area contributed by atoms with Gasteiger partial charge in [0, 0.05) is 6.54 Å². The molecular formula is C22H21ClF2N8O3. The summed E-state index contributed by atoms with van der Waals surface area (Å²) >= 11 is 6.06. The first-order valence-corrected chi connectivity index (χ1v) is 11.0. The van der Waals surface area contributed by atoms with Crippen molar-refractivity contribution >= 4 is 23.3 Å². The van der Waals surface area contributed by atoms with Gasteiger partial charge in [-0.25, -0.2) is 14.6 Å². The Morgan fingerprint density at radius 2 is 2.08 bits per heavy atom. The highest BCUT2D eigenvalue weighted by Crippen LogP contribution is 2.28. The van der Waals surface area contributed by atoms with Crippen molar-refractivity contribution in [2.45, 2.75) is 19.0 Å². The van der Waals surface area contributed by atoms with E-state index in [0.29, 0.717) is 10.8 Å². The summed E-state index contributed by atoms with van der Waals surface area (Å²) in [6, 6.07) is 7.23. The Labute approximate surface area is 208 Å². The molecule has 3 aromatic rings. The van der Waals surface area contributed by atoms with E-state index in [9.17, 15) is 23.6 Å². The number of anilines is 1. The number of carbonyl (C=O) groups excluding carboxylic acids is 1. The first kappa shape index (κ1) is 25.0. The average Bonchev–Trinajstić information content (AvgIpc) is 3.40. The van der Waals surface area contributed by atoms with Gasteiger partial charge in [0.15, 0.2) is 5.82 Å². The smallest absolute Gasteiger partial charge is 0.306 e. The van der Waals surface area contributed by atoms with E-state index >= 15 is 0 Å². The van der Waals surface area contributed by atoms with E-state index in [4.69, 9.17) is 11.6 Å². The number of para-hydroxylation sites is 1. The molecule has 3 heterocycles. The number of hydrogen-bond acceptors (Lipinski definition) is 8. The van der Waals surface area contributed by atoms with Gasteiger partial charge in [0.2, 0.25) is 5.91 Å². The van der Waals surface area contributed by atoms with Crippen LogP contribution >= 0.6 is 11.6 Å². The quantitative estimate of drug-likeness (QED) is 0.392. The Bertz CT molecular complexity index is 1360. The van der Waals surface area contributed by atoms with Gasteiger partial charge in [-0.15, -0.1) is 0 Å². The van der Waals surface area contributed by atoms with Gasteiger partial charge in [-0.1, -0.05) is 42.0 Å². The Morgan fingerprint density at radius 3 is 2.83 bits per heavy atom. The minimum Gasteiger partial charge on any atom is -0.359 e. The molecule has 4 rings (SSSR count). The molecule has 36 heavy (non-hydrogen) atoms. The number of carbonyl (C=O) groups is 1. The van der Waals surface area contributed by atoms with Crippen LogP contribution in [0.4, 0.5) is 14.6 Å². The summed E-state index contributed by atoms with van der Waals surface area (Å²) in [5.74, 6) is -4.46. The van der Waals surface area contributed by atoms with Crippen molar-refractivity contribution in [1.29, 1.82) is 0 Å². The van der Waals surface area contributed by atoms with E-state index in [0.717, 1.165) is 22.4 Å². The number of hydroxylamine groups is 2. The van der Waals surface area contributed by atoms with E-state index in [2.05, 4.69) is 25.7 Å². The molecule has 0 saturated heterocycles. The van der Waals surface area contributed by atoms with E-state index < -0.39 is 42.0 Å². The molecule has 0 spiro atoms. The molecule has 0 aliphatic carbocycles. The van der Waals surface area contributed by atoms with E-state index in [1.54, 1.807) is 16.8 Å². The molecule has 188 valence electrons. The zero-order valence-electron chi connectivity index (χ0n) is 18.7. The number of amides is 1. The number of allylic oxidation sites excluding steroid dienone is 2. The second kappa shape index (κ2) is 10.7. The maximum absolute atomic E-state index is 14.6. The Morgan fingerprint density at radius 1 is 1.28 bits per heavy atom. The van der Waals surface area contributed by atoms with Crippen LogP contribution in [0.3, 0.4) is 0 Å². The van der Waals surface area contributed by atoms with Gasteiger partial charge in [0.1, 0.15) is 30.0 Å². The van der Waals surface area contributed by atoms with Gasteiger partial charge in [-0.05, 0) is 17.7 Å². The molecule has 1 amide bonds. The first-order valence-electron chi connectivity index (χ1n) is 10.7. The number of rotatable bonds is 9. The molecular weight excluding hydrogens is 498 g/mol. The topological polar surface area (TPSA) is 130 Å². The summed E-state index contributed by atoms with van der Waals surface area (Å²) in [5, 5.41) is 19.0. The predicted molar refractivity (Wildman–Crippen MR) is 126 cm³/mol. The zero-order valence-corrected chi connectivity index (χ0v) is 19.4. The van der Waals surface area contributed by atoms with Gasteiger partial charge in [0.25, 0.3) is 5.56 Å². The van der Waals surface area contributed by atoms with Gasteiger partial charge in [-0.3, -0.25) is 24.4 Å². The molecule has 0 atom stereocenters. The minimum absolute atomic E-state index is 0.0914. The molecule has 1 aromatic carbocycles. The lowest BCUT2D eigenvalue weighted by atomic mass is 10.1. The fraction of sp³-hybridized carbons (Fsp3) is 0.227. The van der Waals surface area contributed by atoms with Crippen molar-refractivity contribution in [2.75, 3.05) is 18.4 Å².